The van der Waals surface area contributed by atoms with E-state index >= 15 is 0 Å². The van der Waals surface area contributed by atoms with Crippen molar-refractivity contribution in [1.29, 1.82) is 0 Å². The summed E-state index contributed by atoms with van der Waals surface area (Å²) in [7, 11) is -1.82. The second-order valence-corrected chi connectivity index (χ2v) is 5.87. The molecule has 0 spiro atoms. The average Bonchev–Trinajstić information content (AvgIpc) is 3.03. The summed E-state index contributed by atoms with van der Waals surface area (Å²) >= 11 is 0. The molecule has 0 unspecified atom stereocenters. The Morgan fingerprint density at radius 3 is 2.90 bits per heavy atom. The molecule has 2 rings (SSSR count). The average molecular weight is 300 g/mol. The Kier molecular flexibility index (Phi) is 4.47. The van der Waals surface area contributed by atoms with E-state index in [1.165, 1.54) is 12.4 Å². The molecule has 0 saturated carbocycles. The lowest BCUT2D eigenvalue weighted by Gasteiger charge is -2.01. The number of hydrogen-bond donors (Lipinski definition) is 2. The molecule has 20 heavy (non-hydrogen) atoms. The van der Waals surface area contributed by atoms with E-state index in [1.54, 1.807) is 11.6 Å². The third kappa shape index (κ3) is 3.62. The van der Waals surface area contributed by atoms with Crippen LogP contribution in [-0.2, 0) is 23.1 Å². The molecule has 2 aromatic rings. The van der Waals surface area contributed by atoms with Gasteiger partial charge in [-0.3, -0.25) is 4.68 Å². The number of aromatic nitrogens is 4. The first-order valence-corrected chi connectivity index (χ1v) is 7.45. The lowest BCUT2D eigenvalue weighted by molar-refractivity contribution is 0.372. The maximum Gasteiger partial charge on any atom is 0.244 e. The highest BCUT2D eigenvalue weighted by atomic mass is 32.2. The van der Waals surface area contributed by atoms with Gasteiger partial charge < -0.3 is 9.84 Å². The first-order valence-electron chi connectivity index (χ1n) is 5.97. The third-order valence-corrected chi connectivity index (χ3v) is 3.85. The number of rotatable bonds is 7. The highest BCUT2D eigenvalue weighted by Gasteiger charge is 2.17. The molecule has 2 N–H and O–H groups in total. The van der Waals surface area contributed by atoms with Crippen molar-refractivity contribution in [3.05, 3.63) is 24.1 Å². The van der Waals surface area contributed by atoms with Crippen LogP contribution in [-0.4, -0.2) is 41.9 Å². The molecular weight excluding hydrogens is 284 g/mol. The van der Waals surface area contributed by atoms with E-state index in [9.17, 15) is 8.42 Å². The van der Waals surface area contributed by atoms with Crippen LogP contribution >= 0.6 is 0 Å². The number of sulfonamides is 1. The zero-order valence-electron chi connectivity index (χ0n) is 11.2. The number of aryl methyl sites for hydroxylation is 1. The number of hydrogen-bond acceptors (Lipinski definition) is 7. The molecule has 0 fully saturated rings. The van der Waals surface area contributed by atoms with E-state index in [1.807, 2.05) is 7.05 Å². The normalized spacial score (nSPS) is 11.9. The molecule has 10 heteroatoms. The van der Waals surface area contributed by atoms with E-state index < -0.39 is 10.0 Å². The Balaban J connectivity index is 2.00. The van der Waals surface area contributed by atoms with Gasteiger partial charge in [-0.1, -0.05) is 5.16 Å². The summed E-state index contributed by atoms with van der Waals surface area (Å²) in [6, 6.07) is 0. The van der Waals surface area contributed by atoms with Crippen molar-refractivity contribution in [1.82, 2.24) is 30.0 Å². The summed E-state index contributed by atoms with van der Waals surface area (Å²) in [5.41, 5.74) is 0. The quantitative estimate of drug-likeness (QED) is 0.693. The van der Waals surface area contributed by atoms with Crippen LogP contribution in [0.5, 0.6) is 0 Å². The van der Waals surface area contributed by atoms with Gasteiger partial charge in [-0.2, -0.15) is 10.1 Å². The molecular formula is C10H16N6O3S. The van der Waals surface area contributed by atoms with Crippen LogP contribution < -0.4 is 10.0 Å². The molecule has 2 aromatic heterocycles. The molecule has 9 nitrogen and oxygen atoms in total. The van der Waals surface area contributed by atoms with Gasteiger partial charge in [0.25, 0.3) is 0 Å². The summed E-state index contributed by atoms with van der Waals surface area (Å²) < 4.78 is 32.8. The smallest absolute Gasteiger partial charge is 0.244 e. The second kappa shape index (κ2) is 6.11. The highest BCUT2D eigenvalue weighted by Crippen LogP contribution is 2.07. The molecule has 0 aromatic carbocycles. The first kappa shape index (κ1) is 14.6. The summed E-state index contributed by atoms with van der Waals surface area (Å²) in [6.45, 7) is 2.91. The van der Waals surface area contributed by atoms with Crippen molar-refractivity contribution in [2.45, 2.75) is 24.9 Å². The fourth-order valence-corrected chi connectivity index (χ4v) is 2.41. The third-order valence-electron chi connectivity index (χ3n) is 2.49. The van der Waals surface area contributed by atoms with Crippen molar-refractivity contribution < 1.29 is 12.9 Å². The fourth-order valence-electron chi connectivity index (χ4n) is 1.48. The standard InChI is InChI=1S/C10H16N6O3S/c1-8-14-10(19-15-8)6-13-20(17,18)9-5-12-16(7-9)4-3-11-2/h5,7,11,13H,3-4,6H2,1-2H3. The van der Waals surface area contributed by atoms with Crippen molar-refractivity contribution >= 4 is 10.0 Å². The van der Waals surface area contributed by atoms with Crippen LogP contribution in [0.25, 0.3) is 0 Å². The second-order valence-electron chi connectivity index (χ2n) is 4.10. The molecule has 0 atom stereocenters. The Labute approximate surface area is 116 Å². The zero-order valence-corrected chi connectivity index (χ0v) is 12.0. The van der Waals surface area contributed by atoms with E-state index in [-0.39, 0.29) is 17.3 Å². The van der Waals surface area contributed by atoms with Crippen LogP contribution in [0.2, 0.25) is 0 Å². The Morgan fingerprint density at radius 1 is 1.45 bits per heavy atom. The molecule has 0 amide bonds. The summed E-state index contributed by atoms with van der Waals surface area (Å²) in [5, 5.41) is 10.5. The molecule has 2 heterocycles. The van der Waals surface area contributed by atoms with Gasteiger partial charge in [-0.05, 0) is 14.0 Å². The van der Waals surface area contributed by atoms with Crippen LogP contribution in [0.4, 0.5) is 0 Å². The Hall–Kier alpha value is -1.78. The lowest BCUT2D eigenvalue weighted by atomic mass is 10.6. The van der Waals surface area contributed by atoms with Crippen molar-refractivity contribution in [3.8, 4) is 0 Å². The molecule has 0 saturated heterocycles. The van der Waals surface area contributed by atoms with Gasteiger partial charge in [-0.25, -0.2) is 13.1 Å². The van der Waals surface area contributed by atoms with Crippen LogP contribution in [0, 0.1) is 6.92 Å². The monoisotopic (exact) mass is 300 g/mol. The van der Waals surface area contributed by atoms with Gasteiger partial charge in [0.05, 0.1) is 19.3 Å². The van der Waals surface area contributed by atoms with Gasteiger partial charge in [0.2, 0.25) is 15.9 Å². The predicted molar refractivity (Wildman–Crippen MR) is 69.2 cm³/mol. The van der Waals surface area contributed by atoms with Gasteiger partial charge in [-0.15, -0.1) is 0 Å². The maximum atomic E-state index is 12.0. The number of nitrogens with zero attached hydrogens (tertiary/aromatic N) is 4. The maximum absolute atomic E-state index is 12.0. The summed E-state index contributed by atoms with van der Waals surface area (Å²) in [6.07, 6.45) is 2.77. The number of likely N-dealkylation sites (N-methyl/N-ethyl adjacent to an activating group) is 1. The summed E-state index contributed by atoms with van der Waals surface area (Å²) in [5.74, 6) is 0.674. The van der Waals surface area contributed by atoms with E-state index in [4.69, 9.17) is 4.52 Å². The largest absolute Gasteiger partial charge is 0.338 e. The molecule has 0 aliphatic heterocycles. The van der Waals surface area contributed by atoms with E-state index in [0.29, 0.717) is 18.9 Å². The molecule has 0 bridgehead atoms. The zero-order chi connectivity index (χ0) is 14.6. The van der Waals surface area contributed by atoms with Gasteiger partial charge in [0.1, 0.15) is 4.90 Å². The van der Waals surface area contributed by atoms with Gasteiger partial charge in [0.15, 0.2) is 5.82 Å². The van der Waals surface area contributed by atoms with Crippen LogP contribution in [0.1, 0.15) is 11.7 Å². The minimum Gasteiger partial charge on any atom is -0.338 e. The van der Waals surface area contributed by atoms with Crippen molar-refractivity contribution in [3.63, 3.8) is 0 Å². The Morgan fingerprint density at radius 2 is 2.25 bits per heavy atom. The molecule has 110 valence electrons. The minimum absolute atomic E-state index is 0.0507. The van der Waals surface area contributed by atoms with Crippen LogP contribution in [0.3, 0.4) is 0 Å². The van der Waals surface area contributed by atoms with Gasteiger partial charge in [0, 0.05) is 12.7 Å². The van der Waals surface area contributed by atoms with E-state index in [2.05, 4.69) is 25.3 Å². The number of nitrogens with one attached hydrogen (secondary N) is 2. The van der Waals surface area contributed by atoms with Crippen molar-refractivity contribution in [2.75, 3.05) is 13.6 Å². The molecule has 0 aliphatic carbocycles. The molecule has 0 radical (unpaired) electrons. The summed E-state index contributed by atoms with van der Waals surface area (Å²) in [4.78, 5) is 4.02. The lowest BCUT2D eigenvalue weighted by Crippen LogP contribution is -2.23. The highest BCUT2D eigenvalue weighted by molar-refractivity contribution is 7.89. The van der Waals surface area contributed by atoms with Crippen LogP contribution in [0.15, 0.2) is 21.8 Å². The molecule has 0 aliphatic rings. The minimum atomic E-state index is -3.63. The first-order chi connectivity index (χ1) is 9.51. The fraction of sp³-hybridized carbons (Fsp3) is 0.500. The predicted octanol–water partition coefficient (Wildman–Crippen LogP) is -0.728. The Bertz CT molecular complexity index is 662. The topological polar surface area (TPSA) is 115 Å². The SMILES string of the molecule is CNCCn1cc(S(=O)(=O)NCc2nc(C)no2)cn1. The van der Waals surface area contributed by atoms with Crippen molar-refractivity contribution in [2.24, 2.45) is 0 Å². The van der Waals surface area contributed by atoms with Gasteiger partial charge >= 0.3 is 0 Å². The van der Waals surface area contributed by atoms with E-state index in [0.717, 1.165) is 0 Å².